The number of amides is 3. The molecule has 0 bridgehead atoms. The number of benzene rings is 1. The molecule has 5 unspecified atom stereocenters. The number of hydrogen-bond acceptors (Lipinski definition) is 5. The molecule has 1 aliphatic heterocycles. The molecule has 0 saturated carbocycles. The quantitative estimate of drug-likeness (QED) is 0.286. The molecule has 0 aliphatic carbocycles. The van der Waals surface area contributed by atoms with Crippen LogP contribution in [0.1, 0.15) is 58.9 Å². The summed E-state index contributed by atoms with van der Waals surface area (Å²) in [6.45, 7) is 8.41. The maximum absolute atomic E-state index is 13.2. The van der Waals surface area contributed by atoms with Gasteiger partial charge in [-0.3, -0.25) is 14.4 Å². The molecule has 1 fully saturated rings. The van der Waals surface area contributed by atoms with Gasteiger partial charge in [-0.15, -0.1) is 0 Å². The van der Waals surface area contributed by atoms with Crippen molar-refractivity contribution >= 4 is 23.7 Å². The van der Waals surface area contributed by atoms with Crippen LogP contribution in [0.2, 0.25) is 0 Å². The molecular weight excluding hydrogens is 448 g/mol. The topological polar surface area (TPSA) is 137 Å². The molecule has 1 saturated heterocycles. The van der Waals surface area contributed by atoms with Gasteiger partial charge in [0.1, 0.15) is 18.1 Å². The van der Waals surface area contributed by atoms with Crippen molar-refractivity contribution in [2.75, 3.05) is 6.54 Å². The smallest absolute Gasteiger partial charge is 0.326 e. The first-order valence-corrected chi connectivity index (χ1v) is 12.5. The summed E-state index contributed by atoms with van der Waals surface area (Å²) in [6.07, 6.45) is 2.78. The summed E-state index contributed by atoms with van der Waals surface area (Å²) in [7, 11) is 0. The van der Waals surface area contributed by atoms with Crippen LogP contribution in [-0.2, 0) is 25.6 Å². The van der Waals surface area contributed by atoms with E-state index in [0.29, 0.717) is 12.8 Å². The summed E-state index contributed by atoms with van der Waals surface area (Å²) in [4.78, 5) is 50.9. The van der Waals surface area contributed by atoms with Crippen molar-refractivity contribution in [3.8, 4) is 0 Å². The predicted octanol–water partition coefficient (Wildman–Crippen LogP) is 1.61. The lowest BCUT2D eigenvalue weighted by molar-refractivity contribution is -0.142. The zero-order valence-electron chi connectivity index (χ0n) is 21.2. The highest BCUT2D eigenvalue weighted by atomic mass is 16.4. The Kier molecular flexibility index (Phi) is 11.2. The first kappa shape index (κ1) is 28.3. The monoisotopic (exact) mass is 488 g/mol. The summed E-state index contributed by atoms with van der Waals surface area (Å²) < 4.78 is 0. The molecule has 3 amide bonds. The van der Waals surface area contributed by atoms with Gasteiger partial charge in [0, 0.05) is 6.42 Å². The highest BCUT2D eigenvalue weighted by Gasteiger charge is 2.33. The van der Waals surface area contributed by atoms with E-state index >= 15 is 0 Å². The summed E-state index contributed by atoms with van der Waals surface area (Å²) in [5.41, 5.74) is 0.782. The van der Waals surface area contributed by atoms with Crippen LogP contribution in [-0.4, -0.2) is 59.5 Å². The predicted molar refractivity (Wildman–Crippen MR) is 134 cm³/mol. The van der Waals surface area contributed by atoms with Crippen LogP contribution in [0.4, 0.5) is 0 Å². The third-order valence-corrected chi connectivity index (χ3v) is 6.41. The molecule has 1 aromatic rings. The van der Waals surface area contributed by atoms with Crippen molar-refractivity contribution in [3.63, 3.8) is 0 Å². The number of carbonyl (C=O) groups is 4. The molecule has 1 heterocycles. The minimum atomic E-state index is -1.15. The van der Waals surface area contributed by atoms with Crippen LogP contribution in [0.15, 0.2) is 30.3 Å². The minimum absolute atomic E-state index is 0.128. The van der Waals surface area contributed by atoms with Crippen molar-refractivity contribution < 1.29 is 24.3 Å². The third kappa shape index (κ3) is 8.98. The highest BCUT2D eigenvalue weighted by Crippen LogP contribution is 2.13. The van der Waals surface area contributed by atoms with Crippen LogP contribution in [0.3, 0.4) is 0 Å². The molecule has 0 radical (unpaired) electrons. The van der Waals surface area contributed by atoms with E-state index in [1.807, 2.05) is 45.9 Å². The molecule has 0 spiro atoms. The summed E-state index contributed by atoms with van der Waals surface area (Å²) in [6, 6.07) is 5.88. The van der Waals surface area contributed by atoms with Crippen molar-refractivity contribution in [2.24, 2.45) is 11.8 Å². The second kappa shape index (κ2) is 13.8. The Morgan fingerprint density at radius 3 is 2.23 bits per heavy atom. The SMILES string of the molecule is CCC(C)C(NC(=O)C(CC(C)C)NC(=O)C1CCCN1)C(=O)NC(Cc1ccccc1)C(=O)O. The van der Waals surface area contributed by atoms with Crippen molar-refractivity contribution in [1.82, 2.24) is 21.3 Å². The lowest BCUT2D eigenvalue weighted by atomic mass is 9.96. The minimum Gasteiger partial charge on any atom is -0.480 e. The van der Waals surface area contributed by atoms with E-state index in [1.165, 1.54) is 0 Å². The number of carboxylic acid groups (broad SMARTS) is 1. The van der Waals surface area contributed by atoms with Crippen LogP contribution >= 0.6 is 0 Å². The molecule has 2 rings (SSSR count). The van der Waals surface area contributed by atoms with Gasteiger partial charge in [0.15, 0.2) is 0 Å². The van der Waals surface area contributed by atoms with Crippen molar-refractivity contribution in [3.05, 3.63) is 35.9 Å². The number of carboxylic acids is 1. The Balaban J connectivity index is 2.12. The fraction of sp³-hybridized carbons (Fsp3) is 0.615. The van der Waals surface area contributed by atoms with E-state index in [2.05, 4.69) is 21.3 Å². The summed E-state index contributed by atoms with van der Waals surface area (Å²) >= 11 is 0. The number of aliphatic carboxylic acids is 1. The molecule has 0 aromatic heterocycles. The van der Waals surface area contributed by atoms with Gasteiger partial charge in [-0.05, 0) is 43.2 Å². The van der Waals surface area contributed by atoms with Gasteiger partial charge in [-0.1, -0.05) is 64.4 Å². The number of nitrogens with one attached hydrogen (secondary N) is 4. The second-order valence-electron chi connectivity index (χ2n) is 9.80. The van der Waals surface area contributed by atoms with Gasteiger partial charge in [-0.25, -0.2) is 4.79 Å². The van der Waals surface area contributed by atoms with Crippen LogP contribution in [0.25, 0.3) is 0 Å². The Bertz CT molecular complexity index is 855. The Labute approximate surface area is 207 Å². The fourth-order valence-corrected chi connectivity index (χ4v) is 4.15. The average Bonchev–Trinajstić information content (AvgIpc) is 3.36. The van der Waals surface area contributed by atoms with Gasteiger partial charge in [0.05, 0.1) is 6.04 Å². The maximum atomic E-state index is 13.2. The summed E-state index contributed by atoms with van der Waals surface area (Å²) in [5, 5.41) is 21.0. The van der Waals surface area contributed by atoms with Crippen LogP contribution in [0, 0.1) is 11.8 Å². The second-order valence-corrected chi connectivity index (χ2v) is 9.80. The lowest BCUT2D eigenvalue weighted by Gasteiger charge is -2.28. The molecule has 194 valence electrons. The lowest BCUT2D eigenvalue weighted by Crippen LogP contribution is -2.59. The molecule has 1 aliphatic rings. The van der Waals surface area contributed by atoms with E-state index < -0.39 is 35.9 Å². The highest BCUT2D eigenvalue weighted by molar-refractivity contribution is 5.94. The Morgan fingerprint density at radius 2 is 1.69 bits per heavy atom. The van der Waals surface area contributed by atoms with E-state index in [1.54, 1.807) is 12.1 Å². The molecule has 9 heteroatoms. The van der Waals surface area contributed by atoms with E-state index in [9.17, 15) is 24.3 Å². The normalized spacial score (nSPS) is 18.8. The van der Waals surface area contributed by atoms with Gasteiger partial charge < -0.3 is 26.4 Å². The number of rotatable bonds is 13. The Hall–Kier alpha value is -2.94. The zero-order chi connectivity index (χ0) is 26.0. The van der Waals surface area contributed by atoms with E-state index in [4.69, 9.17) is 0 Å². The van der Waals surface area contributed by atoms with Gasteiger partial charge in [0.25, 0.3) is 0 Å². The van der Waals surface area contributed by atoms with Gasteiger partial charge in [-0.2, -0.15) is 0 Å². The van der Waals surface area contributed by atoms with E-state index in [0.717, 1.165) is 24.9 Å². The largest absolute Gasteiger partial charge is 0.480 e. The van der Waals surface area contributed by atoms with Crippen molar-refractivity contribution in [1.29, 1.82) is 0 Å². The standard InChI is InChI=1S/C26H40N4O5/c1-5-17(4)22(25(33)29-21(26(34)35)15-18-10-7-6-8-11-18)30-24(32)20(14-16(2)3)28-23(31)19-12-9-13-27-19/h6-8,10-11,16-17,19-22,27H,5,9,12-15H2,1-4H3,(H,28,31)(H,29,33)(H,30,32)(H,34,35). The van der Waals surface area contributed by atoms with Gasteiger partial charge >= 0.3 is 5.97 Å². The average molecular weight is 489 g/mol. The fourth-order valence-electron chi connectivity index (χ4n) is 4.15. The third-order valence-electron chi connectivity index (χ3n) is 6.41. The maximum Gasteiger partial charge on any atom is 0.326 e. The van der Waals surface area contributed by atoms with Gasteiger partial charge in [0.2, 0.25) is 17.7 Å². The summed E-state index contributed by atoms with van der Waals surface area (Å²) in [5.74, 6) is -2.46. The number of hydrogen-bond donors (Lipinski definition) is 5. The molecule has 9 nitrogen and oxygen atoms in total. The number of carbonyl (C=O) groups excluding carboxylic acids is 3. The van der Waals surface area contributed by atoms with Crippen LogP contribution in [0.5, 0.6) is 0 Å². The van der Waals surface area contributed by atoms with E-state index in [-0.39, 0.29) is 30.2 Å². The molecular formula is C26H40N4O5. The molecule has 35 heavy (non-hydrogen) atoms. The Morgan fingerprint density at radius 1 is 1.00 bits per heavy atom. The zero-order valence-corrected chi connectivity index (χ0v) is 21.2. The first-order valence-electron chi connectivity index (χ1n) is 12.5. The first-order chi connectivity index (χ1) is 16.6. The van der Waals surface area contributed by atoms with Crippen LogP contribution < -0.4 is 21.3 Å². The van der Waals surface area contributed by atoms with Crippen molar-refractivity contribution in [2.45, 2.75) is 84.0 Å². The molecule has 5 atom stereocenters. The molecule has 1 aromatic carbocycles. The molecule has 5 N–H and O–H groups in total.